The third kappa shape index (κ3) is 3.07. The van der Waals surface area contributed by atoms with Crippen LogP contribution in [0.5, 0.6) is 0 Å². The Kier molecular flexibility index (Phi) is 4.32. The lowest BCUT2D eigenvalue weighted by molar-refractivity contribution is 0.454. The Morgan fingerprint density at radius 3 is 2.83 bits per heavy atom. The predicted octanol–water partition coefficient (Wildman–Crippen LogP) is 4.09. The average molecular weight is 339 g/mol. The summed E-state index contributed by atoms with van der Waals surface area (Å²) < 4.78 is 1.98. The van der Waals surface area contributed by atoms with Gasteiger partial charge in [-0.1, -0.05) is 29.8 Å². The minimum Gasteiger partial charge on any atom is -0.306 e. The number of benzene rings is 1. The number of pyridine rings is 1. The van der Waals surface area contributed by atoms with E-state index >= 15 is 0 Å². The maximum absolute atomic E-state index is 5.95. The van der Waals surface area contributed by atoms with Crippen LogP contribution in [0.4, 0.5) is 0 Å². The second-order valence-corrected chi connectivity index (χ2v) is 6.53. The Bertz CT molecular complexity index is 811. The molecule has 2 aromatic heterocycles. The maximum atomic E-state index is 5.95. The van der Waals surface area contributed by atoms with Crippen molar-refractivity contribution in [3.8, 4) is 5.82 Å². The summed E-state index contributed by atoms with van der Waals surface area (Å²) in [7, 11) is 0. The van der Waals surface area contributed by atoms with Crippen molar-refractivity contribution >= 4 is 11.6 Å². The molecule has 1 aliphatic carbocycles. The van der Waals surface area contributed by atoms with Crippen LogP contribution in [0.1, 0.15) is 35.7 Å². The molecule has 0 unspecified atom stereocenters. The van der Waals surface area contributed by atoms with E-state index in [9.17, 15) is 0 Å². The van der Waals surface area contributed by atoms with Crippen LogP contribution in [0.15, 0.2) is 54.9 Å². The fourth-order valence-corrected chi connectivity index (χ4v) is 3.41. The van der Waals surface area contributed by atoms with Gasteiger partial charge in [0, 0.05) is 29.4 Å². The van der Waals surface area contributed by atoms with Gasteiger partial charge in [0.2, 0.25) is 0 Å². The zero-order valence-corrected chi connectivity index (χ0v) is 14.1. The van der Waals surface area contributed by atoms with Crippen molar-refractivity contribution in [2.75, 3.05) is 0 Å². The van der Waals surface area contributed by atoms with Crippen molar-refractivity contribution in [3.05, 3.63) is 76.7 Å². The fourth-order valence-electron chi connectivity index (χ4n) is 3.29. The van der Waals surface area contributed by atoms with Crippen molar-refractivity contribution in [1.82, 2.24) is 20.1 Å². The second-order valence-electron chi connectivity index (χ2n) is 6.10. The van der Waals surface area contributed by atoms with Crippen molar-refractivity contribution in [2.24, 2.45) is 0 Å². The first-order chi connectivity index (χ1) is 11.8. The topological polar surface area (TPSA) is 42.7 Å². The molecule has 0 fully saturated rings. The number of halogens is 1. The predicted molar refractivity (Wildman–Crippen MR) is 95.3 cm³/mol. The van der Waals surface area contributed by atoms with Gasteiger partial charge < -0.3 is 5.32 Å². The molecule has 1 aliphatic rings. The highest BCUT2D eigenvalue weighted by Gasteiger charge is 2.24. The van der Waals surface area contributed by atoms with Gasteiger partial charge in [-0.15, -0.1) is 0 Å². The summed E-state index contributed by atoms with van der Waals surface area (Å²) in [5.41, 5.74) is 3.80. The van der Waals surface area contributed by atoms with Gasteiger partial charge in [0.1, 0.15) is 0 Å². The van der Waals surface area contributed by atoms with E-state index in [1.165, 1.54) is 16.8 Å². The molecule has 0 radical (unpaired) electrons. The molecule has 122 valence electrons. The van der Waals surface area contributed by atoms with Crippen LogP contribution < -0.4 is 5.32 Å². The van der Waals surface area contributed by atoms with E-state index in [-0.39, 0.29) is 0 Å². The number of nitrogens with one attached hydrogen (secondary N) is 1. The van der Waals surface area contributed by atoms with Gasteiger partial charge in [0.25, 0.3) is 0 Å². The largest absolute Gasteiger partial charge is 0.306 e. The van der Waals surface area contributed by atoms with Gasteiger partial charge in [0.15, 0.2) is 5.82 Å². The molecule has 4 nitrogen and oxygen atoms in total. The van der Waals surface area contributed by atoms with E-state index in [0.717, 1.165) is 36.6 Å². The Morgan fingerprint density at radius 2 is 2.04 bits per heavy atom. The van der Waals surface area contributed by atoms with E-state index in [2.05, 4.69) is 27.5 Å². The summed E-state index contributed by atoms with van der Waals surface area (Å²) in [5.74, 6) is 0.886. The molecule has 0 amide bonds. The first-order valence-electron chi connectivity index (χ1n) is 8.27. The first kappa shape index (κ1) is 15.4. The third-order valence-electron chi connectivity index (χ3n) is 4.52. The molecule has 24 heavy (non-hydrogen) atoms. The lowest BCUT2D eigenvalue weighted by Crippen LogP contribution is -2.25. The number of hydrogen-bond donors (Lipinski definition) is 1. The molecular formula is C19H19ClN4. The molecule has 0 spiro atoms. The van der Waals surface area contributed by atoms with Gasteiger partial charge in [-0.3, -0.25) is 0 Å². The van der Waals surface area contributed by atoms with Gasteiger partial charge in [-0.05, 0) is 49.1 Å². The minimum absolute atomic E-state index is 0.335. The van der Waals surface area contributed by atoms with Crippen molar-refractivity contribution < 1.29 is 0 Å². The summed E-state index contributed by atoms with van der Waals surface area (Å²) in [6, 6.07) is 14.3. The molecule has 0 bridgehead atoms. The number of rotatable bonds is 4. The number of nitrogens with zero attached hydrogens (tertiary/aromatic N) is 3. The van der Waals surface area contributed by atoms with Crippen LogP contribution in [-0.2, 0) is 13.0 Å². The van der Waals surface area contributed by atoms with Crippen LogP contribution in [0.3, 0.4) is 0 Å². The van der Waals surface area contributed by atoms with Gasteiger partial charge in [0.05, 0.1) is 11.9 Å². The highest BCUT2D eigenvalue weighted by molar-refractivity contribution is 6.30. The first-order valence-corrected chi connectivity index (χ1v) is 8.65. The van der Waals surface area contributed by atoms with Gasteiger partial charge >= 0.3 is 0 Å². The van der Waals surface area contributed by atoms with Crippen LogP contribution >= 0.6 is 11.6 Å². The monoisotopic (exact) mass is 338 g/mol. The molecule has 2 heterocycles. The van der Waals surface area contributed by atoms with Crippen molar-refractivity contribution in [2.45, 2.75) is 31.8 Å². The molecule has 0 saturated carbocycles. The van der Waals surface area contributed by atoms with E-state index in [1.54, 1.807) is 0 Å². The molecule has 1 N–H and O–H groups in total. The Balaban J connectivity index is 1.54. The molecular weight excluding hydrogens is 320 g/mol. The molecule has 1 atom stereocenters. The summed E-state index contributed by atoms with van der Waals surface area (Å²) in [6.07, 6.45) is 7.13. The zero-order chi connectivity index (χ0) is 16.4. The highest BCUT2D eigenvalue weighted by atomic mass is 35.5. The summed E-state index contributed by atoms with van der Waals surface area (Å²) in [4.78, 5) is 4.42. The van der Waals surface area contributed by atoms with E-state index in [1.807, 2.05) is 47.4 Å². The maximum Gasteiger partial charge on any atom is 0.153 e. The zero-order valence-electron chi connectivity index (χ0n) is 13.3. The van der Waals surface area contributed by atoms with E-state index in [0.29, 0.717) is 6.04 Å². The van der Waals surface area contributed by atoms with E-state index < -0.39 is 0 Å². The minimum atomic E-state index is 0.335. The second kappa shape index (κ2) is 6.75. The standard InChI is InChI=1S/C19H19ClN4/c20-15-9-7-14(8-10-15)12-22-17-4-3-5-18-16(17)13-23-24(18)19-6-1-2-11-21-19/h1-2,6-11,13,17,22H,3-5,12H2/t17-/m0/s1. The quantitative estimate of drug-likeness (QED) is 0.779. The van der Waals surface area contributed by atoms with Crippen LogP contribution in [0, 0.1) is 0 Å². The number of hydrogen-bond acceptors (Lipinski definition) is 3. The summed E-state index contributed by atoms with van der Waals surface area (Å²) in [6.45, 7) is 0.829. The van der Waals surface area contributed by atoms with Gasteiger partial charge in [-0.25, -0.2) is 9.67 Å². The molecule has 4 rings (SSSR count). The Hall–Kier alpha value is -2.17. The summed E-state index contributed by atoms with van der Waals surface area (Å²) in [5, 5.41) is 9.02. The number of fused-ring (bicyclic) bond motifs is 1. The van der Waals surface area contributed by atoms with Gasteiger partial charge in [-0.2, -0.15) is 5.10 Å². The number of aromatic nitrogens is 3. The van der Waals surface area contributed by atoms with Crippen molar-refractivity contribution in [1.29, 1.82) is 0 Å². The van der Waals surface area contributed by atoms with Crippen LogP contribution in [0.2, 0.25) is 5.02 Å². The smallest absolute Gasteiger partial charge is 0.153 e. The van der Waals surface area contributed by atoms with Crippen LogP contribution in [0.25, 0.3) is 5.82 Å². The normalized spacial score (nSPS) is 16.8. The molecule has 1 aromatic carbocycles. The molecule has 5 heteroatoms. The van der Waals surface area contributed by atoms with E-state index in [4.69, 9.17) is 11.6 Å². The molecule has 3 aromatic rings. The lowest BCUT2D eigenvalue weighted by atomic mass is 9.93. The Morgan fingerprint density at radius 1 is 1.17 bits per heavy atom. The average Bonchev–Trinajstić information content (AvgIpc) is 3.07. The lowest BCUT2D eigenvalue weighted by Gasteiger charge is -2.24. The Labute approximate surface area is 146 Å². The molecule has 0 aliphatic heterocycles. The summed E-state index contributed by atoms with van der Waals surface area (Å²) >= 11 is 5.95. The third-order valence-corrected chi connectivity index (χ3v) is 4.77. The molecule has 0 saturated heterocycles. The fraction of sp³-hybridized carbons (Fsp3) is 0.263. The van der Waals surface area contributed by atoms with Crippen LogP contribution in [-0.4, -0.2) is 14.8 Å². The SMILES string of the molecule is Clc1ccc(CN[C@H]2CCCc3c2cnn3-c2ccccn2)cc1. The highest BCUT2D eigenvalue weighted by Crippen LogP contribution is 2.31. The van der Waals surface area contributed by atoms with Crippen molar-refractivity contribution in [3.63, 3.8) is 0 Å².